The van der Waals surface area contributed by atoms with Gasteiger partial charge < -0.3 is 25.0 Å². The first-order valence-corrected chi connectivity index (χ1v) is 11.4. The predicted octanol–water partition coefficient (Wildman–Crippen LogP) is 3.56. The maximum absolute atomic E-state index is 12.5. The number of anilines is 2. The summed E-state index contributed by atoms with van der Waals surface area (Å²) in [7, 11) is 0. The van der Waals surface area contributed by atoms with E-state index in [0.717, 1.165) is 11.3 Å². The summed E-state index contributed by atoms with van der Waals surface area (Å²) in [6.07, 6.45) is 0.626. The van der Waals surface area contributed by atoms with E-state index >= 15 is 0 Å². The first-order chi connectivity index (χ1) is 17.0. The van der Waals surface area contributed by atoms with E-state index in [9.17, 15) is 14.4 Å². The van der Waals surface area contributed by atoms with Gasteiger partial charge in [0.2, 0.25) is 5.91 Å². The minimum absolute atomic E-state index is 0.0386. The summed E-state index contributed by atoms with van der Waals surface area (Å²) in [5, 5.41) is 5.35. The smallest absolute Gasteiger partial charge is 0.265 e. The van der Waals surface area contributed by atoms with Gasteiger partial charge in [-0.05, 0) is 55.8 Å². The van der Waals surface area contributed by atoms with Gasteiger partial charge in [0.1, 0.15) is 11.5 Å². The van der Waals surface area contributed by atoms with Crippen molar-refractivity contribution in [2.45, 2.75) is 13.3 Å². The maximum atomic E-state index is 12.5. The second-order valence-corrected chi connectivity index (χ2v) is 8.13. The largest absolute Gasteiger partial charge is 0.494 e. The zero-order valence-corrected chi connectivity index (χ0v) is 19.5. The molecule has 0 bridgehead atoms. The van der Waals surface area contributed by atoms with Gasteiger partial charge in [0, 0.05) is 17.8 Å². The minimum atomic E-state index is -0.379. The Kier molecular flexibility index (Phi) is 7.62. The molecule has 180 valence electrons. The van der Waals surface area contributed by atoms with Crippen LogP contribution in [0.4, 0.5) is 11.4 Å². The molecule has 0 saturated carbocycles. The number of carbonyl (C=O) groups excluding carboxylic acids is 3. The fraction of sp³-hybridized carbons (Fsp3) is 0.222. The third kappa shape index (κ3) is 6.38. The lowest BCUT2D eigenvalue weighted by Gasteiger charge is -2.30. The van der Waals surface area contributed by atoms with Crippen molar-refractivity contribution in [2.75, 3.05) is 36.5 Å². The number of fused-ring (bicyclic) bond motifs is 1. The fourth-order valence-electron chi connectivity index (χ4n) is 3.63. The summed E-state index contributed by atoms with van der Waals surface area (Å²) < 4.78 is 11.3. The number of rotatable bonds is 9. The van der Waals surface area contributed by atoms with Crippen molar-refractivity contribution >= 4 is 29.1 Å². The van der Waals surface area contributed by atoms with Crippen molar-refractivity contribution in [1.29, 1.82) is 0 Å². The number of amides is 3. The Hall–Kier alpha value is -4.33. The van der Waals surface area contributed by atoms with Crippen LogP contribution in [0.2, 0.25) is 0 Å². The molecular weight excluding hydrogens is 446 g/mol. The van der Waals surface area contributed by atoms with E-state index < -0.39 is 0 Å². The SMILES string of the molecule is Cc1ccc(OCCCN2C(=O)COc3ccc(NC(=O)CNC(=O)c4ccccc4)cc32)cc1. The van der Waals surface area contributed by atoms with Gasteiger partial charge in [0.25, 0.3) is 11.8 Å². The van der Waals surface area contributed by atoms with E-state index in [1.54, 1.807) is 47.4 Å². The number of nitrogens with zero attached hydrogens (tertiary/aromatic N) is 1. The Labute approximate surface area is 203 Å². The molecule has 3 aromatic rings. The van der Waals surface area contributed by atoms with E-state index in [1.807, 2.05) is 37.3 Å². The highest BCUT2D eigenvalue weighted by Gasteiger charge is 2.25. The van der Waals surface area contributed by atoms with Crippen LogP contribution in [0.25, 0.3) is 0 Å². The molecule has 1 heterocycles. The first kappa shape index (κ1) is 23.8. The van der Waals surface area contributed by atoms with Gasteiger partial charge in [-0.3, -0.25) is 14.4 Å². The van der Waals surface area contributed by atoms with Crippen LogP contribution >= 0.6 is 0 Å². The lowest BCUT2D eigenvalue weighted by Crippen LogP contribution is -2.40. The zero-order chi connectivity index (χ0) is 24.6. The highest BCUT2D eigenvalue weighted by molar-refractivity contribution is 6.01. The van der Waals surface area contributed by atoms with E-state index in [4.69, 9.17) is 9.47 Å². The Morgan fingerprint density at radius 1 is 1.03 bits per heavy atom. The van der Waals surface area contributed by atoms with Crippen molar-refractivity contribution in [3.8, 4) is 11.5 Å². The minimum Gasteiger partial charge on any atom is -0.494 e. The summed E-state index contributed by atoms with van der Waals surface area (Å²) in [6, 6.07) is 21.6. The molecule has 0 aliphatic carbocycles. The highest BCUT2D eigenvalue weighted by atomic mass is 16.5. The Balaban J connectivity index is 1.33. The summed E-state index contributed by atoms with van der Waals surface area (Å²) in [6.45, 7) is 2.71. The number of carbonyl (C=O) groups is 3. The van der Waals surface area contributed by atoms with Crippen molar-refractivity contribution < 1.29 is 23.9 Å². The van der Waals surface area contributed by atoms with Crippen molar-refractivity contribution in [2.24, 2.45) is 0 Å². The Morgan fingerprint density at radius 2 is 1.80 bits per heavy atom. The topological polar surface area (TPSA) is 97.0 Å². The van der Waals surface area contributed by atoms with Gasteiger partial charge in [0.15, 0.2) is 6.61 Å². The molecule has 3 amide bonds. The molecule has 1 aliphatic heterocycles. The molecule has 8 heteroatoms. The normalized spacial score (nSPS) is 12.4. The molecular formula is C27H27N3O5. The summed E-state index contributed by atoms with van der Waals surface area (Å²) in [5.74, 6) is 0.485. The summed E-state index contributed by atoms with van der Waals surface area (Å²) in [5.41, 5.74) is 2.73. The number of nitrogens with one attached hydrogen (secondary N) is 2. The average molecular weight is 474 g/mol. The maximum Gasteiger partial charge on any atom is 0.265 e. The summed E-state index contributed by atoms with van der Waals surface area (Å²) in [4.78, 5) is 38.7. The molecule has 0 fully saturated rings. The standard InChI is InChI=1S/C27H27N3O5/c1-19-8-11-22(12-9-19)34-15-5-14-30-23-16-21(10-13-24(23)35-18-26(30)32)29-25(31)17-28-27(33)20-6-3-2-4-7-20/h2-4,6-13,16H,5,14-15,17-18H2,1H3,(H,28,33)(H,29,31). The molecule has 8 nitrogen and oxygen atoms in total. The second kappa shape index (κ2) is 11.2. The van der Waals surface area contributed by atoms with Gasteiger partial charge in [-0.15, -0.1) is 0 Å². The highest BCUT2D eigenvalue weighted by Crippen LogP contribution is 2.34. The zero-order valence-electron chi connectivity index (χ0n) is 19.5. The molecule has 2 N–H and O–H groups in total. The number of hydrogen-bond donors (Lipinski definition) is 2. The lowest BCUT2D eigenvalue weighted by atomic mass is 10.2. The van der Waals surface area contributed by atoms with Gasteiger partial charge in [-0.2, -0.15) is 0 Å². The van der Waals surface area contributed by atoms with Crippen molar-refractivity contribution in [1.82, 2.24) is 5.32 Å². The van der Waals surface area contributed by atoms with E-state index in [2.05, 4.69) is 10.6 Å². The van der Waals surface area contributed by atoms with Crippen LogP contribution in [0.1, 0.15) is 22.3 Å². The molecule has 3 aromatic carbocycles. The van der Waals surface area contributed by atoms with Crippen LogP contribution in [0.5, 0.6) is 11.5 Å². The molecule has 0 unspecified atom stereocenters. The van der Waals surface area contributed by atoms with Gasteiger partial charge >= 0.3 is 0 Å². The fourth-order valence-corrected chi connectivity index (χ4v) is 3.63. The van der Waals surface area contributed by atoms with Gasteiger partial charge in [-0.25, -0.2) is 0 Å². The molecule has 0 aromatic heterocycles. The molecule has 0 saturated heterocycles. The average Bonchev–Trinajstić information content (AvgIpc) is 2.88. The van der Waals surface area contributed by atoms with Crippen LogP contribution in [-0.4, -0.2) is 44.0 Å². The third-order valence-corrected chi connectivity index (χ3v) is 5.45. The van der Waals surface area contributed by atoms with Crippen LogP contribution in [0.3, 0.4) is 0 Å². The van der Waals surface area contributed by atoms with Gasteiger partial charge in [0.05, 0.1) is 18.8 Å². The number of hydrogen-bond acceptors (Lipinski definition) is 5. The van der Waals surface area contributed by atoms with Crippen LogP contribution in [0.15, 0.2) is 72.8 Å². The summed E-state index contributed by atoms with van der Waals surface area (Å²) >= 11 is 0. The van der Waals surface area contributed by atoms with E-state index in [-0.39, 0.29) is 30.9 Å². The monoisotopic (exact) mass is 473 g/mol. The third-order valence-electron chi connectivity index (χ3n) is 5.45. The predicted molar refractivity (Wildman–Crippen MR) is 133 cm³/mol. The quantitative estimate of drug-likeness (QED) is 0.463. The Bertz CT molecular complexity index is 1200. The number of ether oxygens (including phenoxy) is 2. The molecule has 35 heavy (non-hydrogen) atoms. The molecule has 0 atom stereocenters. The van der Waals surface area contributed by atoms with Crippen molar-refractivity contribution in [3.63, 3.8) is 0 Å². The van der Waals surface area contributed by atoms with E-state index in [0.29, 0.717) is 42.3 Å². The molecule has 4 rings (SSSR count). The van der Waals surface area contributed by atoms with Crippen molar-refractivity contribution in [3.05, 3.63) is 83.9 Å². The van der Waals surface area contributed by atoms with Crippen LogP contribution in [0, 0.1) is 6.92 Å². The molecule has 1 aliphatic rings. The first-order valence-electron chi connectivity index (χ1n) is 11.4. The molecule has 0 radical (unpaired) electrons. The van der Waals surface area contributed by atoms with Crippen LogP contribution in [-0.2, 0) is 9.59 Å². The molecule has 0 spiro atoms. The Morgan fingerprint density at radius 3 is 2.57 bits per heavy atom. The lowest BCUT2D eigenvalue weighted by molar-refractivity contribution is -0.121. The number of benzene rings is 3. The second-order valence-electron chi connectivity index (χ2n) is 8.13. The van der Waals surface area contributed by atoms with Gasteiger partial charge in [-0.1, -0.05) is 35.9 Å². The van der Waals surface area contributed by atoms with Crippen LogP contribution < -0.4 is 25.0 Å². The number of aryl methyl sites for hydroxylation is 1. The van der Waals surface area contributed by atoms with E-state index in [1.165, 1.54) is 0 Å².